The largest absolute Gasteiger partial charge is 0.358 e. The van der Waals surface area contributed by atoms with Crippen molar-refractivity contribution < 1.29 is 4.79 Å². The Morgan fingerprint density at radius 1 is 1.47 bits per heavy atom. The Balaban J connectivity index is 2.32. The Hall–Kier alpha value is -0.430. The molecular formula is C11H21N2OP. The Morgan fingerprint density at radius 3 is 2.60 bits per heavy atom. The first-order valence-corrected chi connectivity index (χ1v) is 7.13. The van der Waals surface area contributed by atoms with Gasteiger partial charge in [0, 0.05) is 25.0 Å². The molecular weight excluding hydrogens is 207 g/mol. The van der Waals surface area contributed by atoms with Crippen molar-refractivity contribution in [2.75, 3.05) is 20.3 Å². The molecule has 0 aliphatic heterocycles. The molecule has 86 valence electrons. The van der Waals surface area contributed by atoms with E-state index in [2.05, 4.69) is 17.0 Å². The van der Waals surface area contributed by atoms with Gasteiger partial charge in [0.15, 0.2) is 0 Å². The maximum atomic E-state index is 10.2. The molecule has 0 aromatic rings. The predicted molar refractivity (Wildman–Crippen MR) is 67.1 cm³/mol. The fourth-order valence-electron chi connectivity index (χ4n) is 2.35. The van der Waals surface area contributed by atoms with Crippen molar-refractivity contribution in [1.29, 1.82) is 0 Å². The number of carbonyl (C=O) groups is 1. The molecule has 1 aliphatic rings. The fraction of sp³-hybridized carbons (Fsp3) is 0.818. The second kappa shape index (κ2) is 6.95. The minimum atomic E-state index is 0.685. The second-order valence-electron chi connectivity index (χ2n) is 4.10. The number of rotatable bonds is 5. The molecule has 0 radical (unpaired) electrons. The molecule has 1 rings (SSSR count). The lowest BCUT2D eigenvalue weighted by molar-refractivity contribution is -0.109. The van der Waals surface area contributed by atoms with E-state index in [0.717, 1.165) is 21.5 Å². The average molecular weight is 228 g/mol. The van der Waals surface area contributed by atoms with E-state index < -0.39 is 0 Å². The molecule has 1 fully saturated rings. The summed E-state index contributed by atoms with van der Waals surface area (Å²) in [6, 6.07) is 0. The molecule has 0 saturated heterocycles. The molecule has 4 heteroatoms. The van der Waals surface area contributed by atoms with Gasteiger partial charge in [-0.25, -0.2) is 0 Å². The van der Waals surface area contributed by atoms with Crippen LogP contribution in [0.15, 0.2) is 4.99 Å². The lowest BCUT2D eigenvalue weighted by Gasteiger charge is -2.28. The second-order valence-corrected chi connectivity index (χ2v) is 5.11. The zero-order valence-electron chi connectivity index (χ0n) is 9.62. The van der Waals surface area contributed by atoms with E-state index in [4.69, 9.17) is 0 Å². The maximum Gasteiger partial charge on any atom is 0.207 e. The van der Waals surface area contributed by atoms with Crippen LogP contribution in [-0.2, 0) is 4.79 Å². The summed E-state index contributed by atoms with van der Waals surface area (Å²) in [6.45, 7) is 3.06. The van der Waals surface area contributed by atoms with Gasteiger partial charge < -0.3 is 5.32 Å². The average Bonchev–Trinajstić information content (AvgIpc) is 2.29. The highest BCUT2D eigenvalue weighted by molar-refractivity contribution is 7.57. The topological polar surface area (TPSA) is 41.5 Å². The molecule has 1 unspecified atom stereocenters. The third-order valence-electron chi connectivity index (χ3n) is 3.22. The number of nitrogens with zero attached hydrogens (tertiary/aromatic N) is 1. The van der Waals surface area contributed by atoms with Gasteiger partial charge in [0.25, 0.3) is 0 Å². The number of aliphatic imine (C=N–C) groups is 1. The van der Waals surface area contributed by atoms with Crippen LogP contribution in [0.1, 0.15) is 25.7 Å². The van der Waals surface area contributed by atoms with Crippen LogP contribution in [0.25, 0.3) is 0 Å². The first-order chi connectivity index (χ1) is 7.31. The number of nitrogens with one attached hydrogen (secondary N) is 1. The van der Waals surface area contributed by atoms with Crippen molar-refractivity contribution in [3.05, 3.63) is 0 Å². The lowest BCUT2D eigenvalue weighted by atomic mass is 9.82. The number of hydrogen-bond acceptors (Lipinski definition) is 2. The molecule has 0 spiro atoms. The van der Waals surface area contributed by atoms with E-state index in [1.807, 2.05) is 7.05 Å². The molecule has 1 atom stereocenters. The predicted octanol–water partition coefficient (Wildman–Crippen LogP) is 1.88. The Labute approximate surface area is 93.9 Å². The van der Waals surface area contributed by atoms with Crippen molar-refractivity contribution in [1.82, 2.24) is 5.32 Å². The van der Waals surface area contributed by atoms with E-state index >= 15 is 0 Å². The van der Waals surface area contributed by atoms with Gasteiger partial charge in [0.1, 0.15) is 0 Å². The Kier molecular flexibility index (Phi) is 5.85. The summed E-state index contributed by atoms with van der Waals surface area (Å²) in [5.41, 5.74) is 1.40. The molecule has 15 heavy (non-hydrogen) atoms. The highest BCUT2D eigenvalue weighted by atomic mass is 31.1. The van der Waals surface area contributed by atoms with E-state index in [0.29, 0.717) is 11.8 Å². The van der Waals surface area contributed by atoms with E-state index in [1.165, 1.54) is 31.1 Å². The van der Waals surface area contributed by atoms with Crippen molar-refractivity contribution in [3.8, 4) is 0 Å². The smallest absolute Gasteiger partial charge is 0.207 e. The Morgan fingerprint density at radius 2 is 2.13 bits per heavy atom. The maximum absolute atomic E-state index is 10.2. The third kappa shape index (κ3) is 3.90. The molecule has 1 saturated carbocycles. The molecule has 3 nitrogen and oxygen atoms in total. The number of carbonyl (C=O) groups excluding carboxylic acids is 1. The first-order valence-electron chi connectivity index (χ1n) is 5.63. The zero-order valence-corrected chi connectivity index (χ0v) is 10.6. The van der Waals surface area contributed by atoms with Gasteiger partial charge in [-0.05, 0) is 38.3 Å². The van der Waals surface area contributed by atoms with Gasteiger partial charge in [0.05, 0.1) is 0 Å². The van der Waals surface area contributed by atoms with Gasteiger partial charge in [-0.2, -0.15) is 0 Å². The van der Waals surface area contributed by atoms with Crippen LogP contribution in [0.5, 0.6) is 0 Å². The van der Waals surface area contributed by atoms with Gasteiger partial charge in [-0.15, -0.1) is 0 Å². The summed E-state index contributed by atoms with van der Waals surface area (Å²) in [7, 11) is 2.76. The normalized spacial score (nSPS) is 28.3. The van der Waals surface area contributed by atoms with Crippen molar-refractivity contribution in [3.63, 3.8) is 0 Å². The first kappa shape index (κ1) is 12.6. The van der Waals surface area contributed by atoms with Crippen LogP contribution in [-0.4, -0.2) is 32.1 Å². The number of hydrogen-bond donors (Lipinski definition) is 1. The SMILES string of the molecule is CN=C(PC)C1CCC(CNC=O)CC1. The summed E-state index contributed by atoms with van der Waals surface area (Å²) in [4.78, 5) is 14.6. The van der Waals surface area contributed by atoms with Crippen LogP contribution in [0.4, 0.5) is 0 Å². The quantitative estimate of drug-likeness (QED) is 0.435. The fourth-order valence-corrected chi connectivity index (χ4v) is 3.27. The van der Waals surface area contributed by atoms with Crippen LogP contribution < -0.4 is 5.32 Å². The lowest BCUT2D eigenvalue weighted by Crippen LogP contribution is -2.27. The summed E-state index contributed by atoms with van der Waals surface area (Å²) >= 11 is 0. The van der Waals surface area contributed by atoms with E-state index in [9.17, 15) is 4.79 Å². The minimum Gasteiger partial charge on any atom is -0.358 e. The van der Waals surface area contributed by atoms with Gasteiger partial charge in [-0.1, -0.05) is 8.58 Å². The summed E-state index contributed by atoms with van der Waals surface area (Å²) in [5.74, 6) is 1.40. The van der Waals surface area contributed by atoms with Gasteiger partial charge in [-0.3, -0.25) is 9.79 Å². The third-order valence-corrected chi connectivity index (χ3v) is 4.36. The van der Waals surface area contributed by atoms with Crippen molar-refractivity contribution in [2.24, 2.45) is 16.8 Å². The zero-order chi connectivity index (χ0) is 11.1. The highest BCUT2D eigenvalue weighted by Crippen LogP contribution is 2.33. The van der Waals surface area contributed by atoms with E-state index in [-0.39, 0.29) is 0 Å². The van der Waals surface area contributed by atoms with Crippen LogP contribution in [0.3, 0.4) is 0 Å². The van der Waals surface area contributed by atoms with Crippen LogP contribution in [0, 0.1) is 11.8 Å². The molecule has 1 amide bonds. The van der Waals surface area contributed by atoms with Crippen molar-refractivity contribution >= 4 is 20.4 Å². The molecule has 1 aliphatic carbocycles. The van der Waals surface area contributed by atoms with Gasteiger partial charge in [0.2, 0.25) is 6.41 Å². The summed E-state index contributed by atoms with van der Waals surface area (Å²) in [6.07, 6.45) is 5.76. The minimum absolute atomic E-state index is 0.685. The monoisotopic (exact) mass is 228 g/mol. The molecule has 0 aromatic heterocycles. The number of amides is 1. The Bertz CT molecular complexity index is 223. The summed E-state index contributed by atoms with van der Waals surface area (Å²) < 4.78 is 0. The van der Waals surface area contributed by atoms with Crippen molar-refractivity contribution in [2.45, 2.75) is 25.7 Å². The summed E-state index contributed by atoms with van der Waals surface area (Å²) in [5, 5.41) is 2.78. The highest BCUT2D eigenvalue weighted by Gasteiger charge is 2.23. The standard InChI is InChI=1S/C11H21N2OP/c1-12-11(15-2)10-5-3-9(4-6-10)7-13-8-14/h8-10,15H,3-7H2,1-2H3,(H,13,14). The molecule has 1 N–H and O–H groups in total. The van der Waals surface area contributed by atoms with E-state index in [1.54, 1.807) is 0 Å². The van der Waals surface area contributed by atoms with Crippen LogP contribution >= 0.6 is 8.58 Å². The van der Waals surface area contributed by atoms with Crippen LogP contribution in [0.2, 0.25) is 0 Å². The van der Waals surface area contributed by atoms with Gasteiger partial charge >= 0.3 is 0 Å². The molecule has 0 bridgehead atoms. The molecule has 0 aromatic carbocycles. The molecule has 0 heterocycles.